The summed E-state index contributed by atoms with van der Waals surface area (Å²) in [6.07, 6.45) is 2.51. The summed E-state index contributed by atoms with van der Waals surface area (Å²) in [6, 6.07) is 21.4. The molecule has 0 radical (unpaired) electrons. The number of hydrogen-bond donors (Lipinski definition) is 1. The first-order valence-corrected chi connectivity index (χ1v) is 6.24. The van der Waals surface area contributed by atoms with Gasteiger partial charge in [0, 0.05) is 12.1 Å². The molecule has 1 fully saturated rings. The lowest BCUT2D eigenvalue weighted by Crippen LogP contribution is -2.28. The summed E-state index contributed by atoms with van der Waals surface area (Å²) in [5.74, 6) is 0. The SMILES string of the molecule is c1ccc(CNC2(c3ccccc3)CC2)cc1. The molecule has 0 amide bonds. The fourth-order valence-electron chi connectivity index (χ4n) is 2.32. The molecule has 1 heteroatoms. The van der Waals surface area contributed by atoms with Crippen LogP contribution in [0.1, 0.15) is 24.0 Å². The average Bonchev–Trinajstić information content (AvgIpc) is 3.20. The molecular weight excluding hydrogens is 206 g/mol. The van der Waals surface area contributed by atoms with E-state index in [-0.39, 0.29) is 5.54 Å². The van der Waals surface area contributed by atoms with Gasteiger partial charge in [0.15, 0.2) is 0 Å². The molecule has 1 saturated carbocycles. The molecule has 0 bridgehead atoms. The van der Waals surface area contributed by atoms with Gasteiger partial charge in [-0.2, -0.15) is 0 Å². The standard InChI is InChI=1S/C16H17N/c1-3-7-14(8-4-1)13-17-16(11-12-16)15-9-5-2-6-10-15/h1-10,17H,11-13H2. The lowest BCUT2D eigenvalue weighted by Gasteiger charge is -2.18. The molecule has 2 aromatic rings. The fourth-order valence-corrected chi connectivity index (χ4v) is 2.32. The summed E-state index contributed by atoms with van der Waals surface area (Å²) in [5, 5.41) is 3.70. The van der Waals surface area contributed by atoms with Crippen molar-refractivity contribution in [2.24, 2.45) is 0 Å². The molecule has 0 unspecified atom stereocenters. The van der Waals surface area contributed by atoms with E-state index in [1.165, 1.54) is 24.0 Å². The van der Waals surface area contributed by atoms with Gasteiger partial charge in [-0.15, -0.1) is 0 Å². The third-order valence-corrected chi connectivity index (χ3v) is 3.55. The van der Waals surface area contributed by atoms with Crippen molar-refractivity contribution in [2.75, 3.05) is 0 Å². The van der Waals surface area contributed by atoms with Crippen molar-refractivity contribution in [3.63, 3.8) is 0 Å². The van der Waals surface area contributed by atoms with Gasteiger partial charge in [-0.05, 0) is 24.0 Å². The van der Waals surface area contributed by atoms with E-state index in [0.29, 0.717) is 0 Å². The Balaban J connectivity index is 1.70. The first kappa shape index (κ1) is 10.5. The smallest absolute Gasteiger partial charge is 0.0438 e. The highest BCUT2D eigenvalue weighted by atomic mass is 15.0. The Labute approximate surface area is 102 Å². The zero-order valence-corrected chi connectivity index (χ0v) is 9.89. The summed E-state index contributed by atoms with van der Waals surface area (Å²) < 4.78 is 0. The predicted octanol–water partition coefficient (Wildman–Crippen LogP) is 3.47. The monoisotopic (exact) mass is 223 g/mol. The van der Waals surface area contributed by atoms with Crippen molar-refractivity contribution in [3.8, 4) is 0 Å². The van der Waals surface area contributed by atoms with Gasteiger partial charge in [0.25, 0.3) is 0 Å². The number of hydrogen-bond acceptors (Lipinski definition) is 1. The van der Waals surface area contributed by atoms with Crippen molar-refractivity contribution >= 4 is 0 Å². The molecule has 1 N–H and O–H groups in total. The van der Waals surface area contributed by atoms with Crippen molar-refractivity contribution < 1.29 is 0 Å². The van der Waals surface area contributed by atoms with E-state index in [0.717, 1.165) is 6.54 Å². The molecule has 0 aliphatic heterocycles. The van der Waals surface area contributed by atoms with Crippen LogP contribution in [-0.2, 0) is 12.1 Å². The van der Waals surface area contributed by atoms with Crippen molar-refractivity contribution in [1.29, 1.82) is 0 Å². The van der Waals surface area contributed by atoms with Crippen LogP contribution in [-0.4, -0.2) is 0 Å². The third-order valence-electron chi connectivity index (χ3n) is 3.55. The minimum absolute atomic E-state index is 0.247. The van der Waals surface area contributed by atoms with Crippen LogP contribution in [0.25, 0.3) is 0 Å². The molecular formula is C16H17N. The Morgan fingerprint density at radius 3 is 2.00 bits per heavy atom. The predicted molar refractivity (Wildman–Crippen MR) is 70.6 cm³/mol. The molecule has 1 nitrogen and oxygen atoms in total. The van der Waals surface area contributed by atoms with E-state index in [9.17, 15) is 0 Å². The van der Waals surface area contributed by atoms with Gasteiger partial charge < -0.3 is 5.32 Å². The first-order chi connectivity index (χ1) is 8.39. The number of nitrogens with one attached hydrogen (secondary N) is 1. The molecule has 1 aliphatic rings. The summed E-state index contributed by atoms with van der Waals surface area (Å²) >= 11 is 0. The van der Waals surface area contributed by atoms with Crippen LogP contribution in [0.2, 0.25) is 0 Å². The van der Waals surface area contributed by atoms with Crippen LogP contribution in [0.15, 0.2) is 60.7 Å². The second-order valence-electron chi connectivity index (χ2n) is 4.79. The van der Waals surface area contributed by atoms with E-state index < -0.39 is 0 Å². The molecule has 1 aliphatic carbocycles. The molecule has 17 heavy (non-hydrogen) atoms. The van der Waals surface area contributed by atoms with Crippen molar-refractivity contribution in [3.05, 3.63) is 71.8 Å². The molecule has 2 aromatic carbocycles. The highest BCUT2D eigenvalue weighted by molar-refractivity contribution is 5.30. The summed E-state index contributed by atoms with van der Waals surface area (Å²) in [5.41, 5.74) is 3.03. The second kappa shape index (κ2) is 4.34. The van der Waals surface area contributed by atoms with Gasteiger partial charge in [0.05, 0.1) is 0 Å². The quantitative estimate of drug-likeness (QED) is 0.837. The highest BCUT2D eigenvalue weighted by Crippen LogP contribution is 2.45. The minimum atomic E-state index is 0.247. The maximum atomic E-state index is 3.70. The van der Waals surface area contributed by atoms with Crippen molar-refractivity contribution in [2.45, 2.75) is 24.9 Å². The number of rotatable bonds is 4. The van der Waals surface area contributed by atoms with Gasteiger partial charge in [0.2, 0.25) is 0 Å². The summed E-state index contributed by atoms with van der Waals surface area (Å²) in [6.45, 7) is 0.954. The highest BCUT2D eigenvalue weighted by Gasteiger charge is 2.43. The first-order valence-electron chi connectivity index (χ1n) is 6.24. The normalized spacial score (nSPS) is 16.7. The lowest BCUT2D eigenvalue weighted by atomic mass is 10.0. The summed E-state index contributed by atoms with van der Waals surface area (Å²) in [7, 11) is 0. The number of benzene rings is 2. The van der Waals surface area contributed by atoms with Crippen LogP contribution >= 0.6 is 0 Å². The topological polar surface area (TPSA) is 12.0 Å². The summed E-state index contributed by atoms with van der Waals surface area (Å²) in [4.78, 5) is 0. The van der Waals surface area contributed by atoms with Gasteiger partial charge in [-0.1, -0.05) is 60.7 Å². The third kappa shape index (κ3) is 2.25. The Morgan fingerprint density at radius 2 is 1.41 bits per heavy atom. The van der Waals surface area contributed by atoms with E-state index >= 15 is 0 Å². The van der Waals surface area contributed by atoms with Gasteiger partial charge >= 0.3 is 0 Å². The van der Waals surface area contributed by atoms with E-state index in [1.807, 2.05) is 0 Å². The molecule has 0 atom stereocenters. The van der Waals surface area contributed by atoms with Crippen LogP contribution < -0.4 is 5.32 Å². The second-order valence-corrected chi connectivity index (χ2v) is 4.79. The lowest BCUT2D eigenvalue weighted by molar-refractivity contribution is 0.519. The molecule has 0 spiro atoms. The van der Waals surface area contributed by atoms with Gasteiger partial charge in [-0.25, -0.2) is 0 Å². The van der Waals surface area contributed by atoms with Crippen LogP contribution in [0.4, 0.5) is 0 Å². The zero-order valence-electron chi connectivity index (χ0n) is 9.89. The minimum Gasteiger partial charge on any atom is -0.303 e. The van der Waals surface area contributed by atoms with E-state index in [4.69, 9.17) is 0 Å². The van der Waals surface area contributed by atoms with Crippen LogP contribution in [0.3, 0.4) is 0 Å². The molecule has 0 saturated heterocycles. The van der Waals surface area contributed by atoms with Crippen LogP contribution in [0.5, 0.6) is 0 Å². The van der Waals surface area contributed by atoms with Crippen LogP contribution in [0, 0.1) is 0 Å². The molecule has 0 heterocycles. The fraction of sp³-hybridized carbons (Fsp3) is 0.250. The molecule has 3 rings (SSSR count). The Hall–Kier alpha value is -1.60. The molecule has 86 valence electrons. The van der Waals surface area contributed by atoms with Gasteiger partial charge in [-0.3, -0.25) is 0 Å². The van der Waals surface area contributed by atoms with E-state index in [2.05, 4.69) is 66.0 Å². The zero-order chi connectivity index (χ0) is 11.6. The maximum Gasteiger partial charge on any atom is 0.0438 e. The van der Waals surface area contributed by atoms with E-state index in [1.54, 1.807) is 0 Å². The molecule has 0 aromatic heterocycles. The maximum absolute atomic E-state index is 3.70. The Morgan fingerprint density at radius 1 is 0.824 bits per heavy atom. The average molecular weight is 223 g/mol. The Kier molecular flexibility index (Phi) is 2.69. The largest absolute Gasteiger partial charge is 0.303 e. The van der Waals surface area contributed by atoms with Crippen molar-refractivity contribution in [1.82, 2.24) is 5.32 Å². The Bertz CT molecular complexity index is 471. The van der Waals surface area contributed by atoms with Gasteiger partial charge in [0.1, 0.15) is 0 Å².